The van der Waals surface area contributed by atoms with Gasteiger partial charge in [0, 0.05) is 17.2 Å². The number of amides is 1. The maximum Gasteiger partial charge on any atom is 0.251 e. The molecule has 0 heterocycles. The molecule has 6 nitrogen and oxygen atoms in total. The van der Waals surface area contributed by atoms with Crippen LogP contribution in [0.4, 0.5) is 0 Å². The van der Waals surface area contributed by atoms with Crippen LogP contribution in [0.5, 0.6) is 11.5 Å². The normalized spacial score (nSPS) is 10.9. The van der Waals surface area contributed by atoms with Crippen molar-refractivity contribution < 1.29 is 24.5 Å². The molecule has 3 aromatic rings. The molecule has 0 unspecified atom stereocenters. The number of carbonyl (C=O) groups is 1. The van der Waals surface area contributed by atoms with Gasteiger partial charge in [-0.1, -0.05) is 49.4 Å². The molecule has 0 spiro atoms. The summed E-state index contributed by atoms with van der Waals surface area (Å²) in [6.45, 7) is 1.99. The van der Waals surface area contributed by atoms with Crippen molar-refractivity contribution in [3.8, 4) is 22.6 Å². The number of aliphatic hydroxyl groups excluding tert-OH is 2. The Kier molecular flexibility index (Phi) is 9.50. The van der Waals surface area contributed by atoms with Gasteiger partial charge >= 0.3 is 0 Å². The molecule has 0 saturated heterocycles. The quantitative estimate of drug-likeness (QED) is 0.378. The molecule has 0 radical (unpaired) electrons. The Bertz CT molecular complexity index is 1060. The summed E-state index contributed by atoms with van der Waals surface area (Å²) in [7, 11) is 1.62. The van der Waals surface area contributed by atoms with Gasteiger partial charge in [0.1, 0.15) is 11.5 Å². The van der Waals surface area contributed by atoms with Gasteiger partial charge in [0.25, 0.3) is 5.91 Å². The van der Waals surface area contributed by atoms with Crippen LogP contribution in [0, 0.1) is 0 Å². The molecule has 180 valence electrons. The monoisotopic (exact) mass is 463 g/mol. The molecular formula is C28H33NO5. The second-order valence-electron chi connectivity index (χ2n) is 8.10. The van der Waals surface area contributed by atoms with Crippen molar-refractivity contribution >= 4 is 5.91 Å². The Balaban J connectivity index is 1.99. The molecule has 34 heavy (non-hydrogen) atoms. The second-order valence-corrected chi connectivity index (χ2v) is 8.10. The van der Waals surface area contributed by atoms with Crippen molar-refractivity contribution in [2.75, 3.05) is 26.9 Å². The number of ether oxygens (including phenoxy) is 2. The molecular weight excluding hydrogens is 430 g/mol. The van der Waals surface area contributed by atoms with E-state index in [0.29, 0.717) is 24.3 Å². The first-order valence-electron chi connectivity index (χ1n) is 11.6. The third-order valence-electron chi connectivity index (χ3n) is 5.61. The molecule has 0 atom stereocenters. The van der Waals surface area contributed by atoms with Crippen molar-refractivity contribution in [1.29, 1.82) is 0 Å². The lowest BCUT2D eigenvalue weighted by Gasteiger charge is -2.18. The first kappa shape index (κ1) is 25.3. The molecule has 3 aromatic carbocycles. The van der Waals surface area contributed by atoms with E-state index in [9.17, 15) is 15.0 Å². The topological polar surface area (TPSA) is 88.0 Å². The lowest BCUT2D eigenvalue weighted by molar-refractivity contribution is 0.0878. The van der Waals surface area contributed by atoms with Crippen molar-refractivity contribution in [1.82, 2.24) is 5.32 Å². The number of aliphatic hydroxyl groups is 2. The standard InChI is InChI=1S/C28H33NO5/c1-3-15-34-27-17-24(33-2)12-14-25(27)21-11-13-26(28(32)29-23(18-30)19-31)22(16-21)10-9-20-7-5-4-6-8-20/h4-8,11-14,16-17,23,30-31H,3,9-10,15,18-19H2,1-2H3,(H,29,32). The van der Waals surface area contributed by atoms with E-state index in [0.717, 1.165) is 35.3 Å². The summed E-state index contributed by atoms with van der Waals surface area (Å²) in [4.78, 5) is 13.0. The van der Waals surface area contributed by atoms with Gasteiger partial charge in [0.05, 0.1) is 33.0 Å². The SMILES string of the molecule is CCCOc1cc(OC)ccc1-c1ccc(C(=O)NC(CO)CO)c(CCc2ccccc2)c1. The lowest BCUT2D eigenvalue weighted by atomic mass is 9.94. The molecule has 0 aliphatic carbocycles. The first-order valence-corrected chi connectivity index (χ1v) is 11.6. The number of hydrogen-bond acceptors (Lipinski definition) is 5. The number of hydrogen-bond donors (Lipinski definition) is 3. The highest BCUT2D eigenvalue weighted by Crippen LogP contribution is 2.35. The van der Waals surface area contributed by atoms with Crippen LogP contribution < -0.4 is 14.8 Å². The van der Waals surface area contributed by atoms with E-state index in [1.54, 1.807) is 13.2 Å². The summed E-state index contributed by atoms with van der Waals surface area (Å²) in [6, 6.07) is 20.9. The summed E-state index contributed by atoms with van der Waals surface area (Å²) in [5, 5.41) is 21.5. The molecule has 0 aliphatic rings. The van der Waals surface area contributed by atoms with Crippen LogP contribution in [0.3, 0.4) is 0 Å². The highest BCUT2D eigenvalue weighted by atomic mass is 16.5. The van der Waals surface area contributed by atoms with Crippen molar-refractivity contribution in [3.63, 3.8) is 0 Å². The number of aryl methyl sites for hydroxylation is 2. The van der Waals surface area contributed by atoms with E-state index in [4.69, 9.17) is 9.47 Å². The number of benzene rings is 3. The lowest BCUT2D eigenvalue weighted by Crippen LogP contribution is -2.40. The van der Waals surface area contributed by atoms with Gasteiger partial charge in [-0.05, 0) is 54.2 Å². The van der Waals surface area contributed by atoms with Crippen LogP contribution in [0.15, 0.2) is 66.7 Å². The molecule has 1 amide bonds. The van der Waals surface area contributed by atoms with Crippen molar-refractivity contribution in [3.05, 3.63) is 83.4 Å². The van der Waals surface area contributed by atoms with Crippen LogP contribution in [0.25, 0.3) is 11.1 Å². The van der Waals surface area contributed by atoms with Gasteiger partial charge in [0.15, 0.2) is 0 Å². The minimum Gasteiger partial charge on any atom is -0.497 e. The van der Waals surface area contributed by atoms with E-state index < -0.39 is 6.04 Å². The molecule has 0 bridgehead atoms. The Morgan fingerprint density at radius 3 is 2.41 bits per heavy atom. The highest BCUT2D eigenvalue weighted by Gasteiger charge is 2.18. The van der Waals surface area contributed by atoms with E-state index in [1.807, 2.05) is 48.5 Å². The summed E-state index contributed by atoms with van der Waals surface area (Å²) in [6.07, 6.45) is 2.32. The molecule has 6 heteroatoms. The molecule has 0 saturated carbocycles. The van der Waals surface area contributed by atoms with Crippen molar-refractivity contribution in [2.45, 2.75) is 32.2 Å². The van der Waals surface area contributed by atoms with E-state index in [1.165, 1.54) is 5.56 Å². The number of carbonyl (C=O) groups excluding carboxylic acids is 1. The van der Waals surface area contributed by atoms with Crippen molar-refractivity contribution in [2.24, 2.45) is 0 Å². The Hall–Kier alpha value is -3.35. The number of methoxy groups -OCH3 is 1. The highest BCUT2D eigenvalue weighted by molar-refractivity contribution is 5.96. The molecule has 3 N–H and O–H groups in total. The van der Waals surface area contributed by atoms with Gasteiger partial charge in [0.2, 0.25) is 0 Å². The Labute approximate surface area is 201 Å². The van der Waals surface area contributed by atoms with E-state index in [2.05, 4.69) is 24.4 Å². The third-order valence-corrected chi connectivity index (χ3v) is 5.61. The smallest absolute Gasteiger partial charge is 0.251 e. The van der Waals surface area contributed by atoms with Gasteiger partial charge in [-0.15, -0.1) is 0 Å². The van der Waals surface area contributed by atoms with Crippen LogP contribution in [-0.4, -0.2) is 49.1 Å². The minimum atomic E-state index is -0.704. The minimum absolute atomic E-state index is 0.320. The Morgan fingerprint density at radius 2 is 1.74 bits per heavy atom. The zero-order chi connectivity index (χ0) is 24.3. The number of nitrogens with one attached hydrogen (secondary N) is 1. The molecule has 0 aromatic heterocycles. The average molecular weight is 464 g/mol. The van der Waals surface area contributed by atoms with Crippen LogP contribution >= 0.6 is 0 Å². The summed E-state index contributed by atoms with van der Waals surface area (Å²) < 4.78 is 11.4. The average Bonchev–Trinajstić information content (AvgIpc) is 2.89. The van der Waals surface area contributed by atoms with E-state index in [-0.39, 0.29) is 19.1 Å². The first-order chi connectivity index (χ1) is 16.6. The van der Waals surface area contributed by atoms with Gasteiger partial charge in [-0.3, -0.25) is 4.79 Å². The largest absolute Gasteiger partial charge is 0.497 e. The predicted molar refractivity (Wildman–Crippen MR) is 133 cm³/mol. The van der Waals surface area contributed by atoms with Gasteiger partial charge in [-0.25, -0.2) is 0 Å². The van der Waals surface area contributed by atoms with Crippen LogP contribution in [0.2, 0.25) is 0 Å². The zero-order valence-electron chi connectivity index (χ0n) is 19.8. The third kappa shape index (κ3) is 6.59. The second kappa shape index (κ2) is 12.8. The van der Waals surface area contributed by atoms with Crippen LogP contribution in [-0.2, 0) is 12.8 Å². The fourth-order valence-corrected chi connectivity index (χ4v) is 3.73. The number of rotatable bonds is 12. The van der Waals surface area contributed by atoms with Gasteiger partial charge < -0.3 is 25.0 Å². The zero-order valence-corrected chi connectivity index (χ0v) is 19.8. The maximum atomic E-state index is 13.0. The predicted octanol–water partition coefficient (Wildman–Crippen LogP) is 4.02. The summed E-state index contributed by atoms with van der Waals surface area (Å²) in [5.41, 5.74) is 4.45. The summed E-state index contributed by atoms with van der Waals surface area (Å²) in [5.74, 6) is 1.13. The fourth-order valence-electron chi connectivity index (χ4n) is 3.73. The molecule has 0 aliphatic heterocycles. The summed E-state index contributed by atoms with van der Waals surface area (Å²) >= 11 is 0. The fraction of sp³-hybridized carbons (Fsp3) is 0.321. The van der Waals surface area contributed by atoms with Gasteiger partial charge in [-0.2, -0.15) is 0 Å². The van der Waals surface area contributed by atoms with Crippen LogP contribution in [0.1, 0.15) is 34.8 Å². The molecule has 0 fully saturated rings. The Morgan fingerprint density at radius 1 is 0.971 bits per heavy atom. The molecule has 3 rings (SSSR count). The maximum absolute atomic E-state index is 13.0. The van der Waals surface area contributed by atoms with E-state index >= 15 is 0 Å².